The largest absolute Gasteiger partial charge is 0.325 e. The molecule has 0 unspecified atom stereocenters. The monoisotopic (exact) mass is 333 g/mol. The normalized spacial score (nSPS) is 13.0. The van der Waals surface area contributed by atoms with Gasteiger partial charge in [0, 0.05) is 5.69 Å². The van der Waals surface area contributed by atoms with E-state index in [4.69, 9.17) is 17.3 Å². The van der Waals surface area contributed by atoms with Crippen LogP contribution in [0.3, 0.4) is 0 Å². The van der Waals surface area contributed by atoms with Gasteiger partial charge in [-0.15, -0.1) is 0 Å². The van der Waals surface area contributed by atoms with Gasteiger partial charge in [0.25, 0.3) is 0 Å². The Morgan fingerprint density at radius 1 is 1.38 bits per heavy atom. The first kappa shape index (κ1) is 17.7. The maximum absolute atomic E-state index is 11.9. The minimum Gasteiger partial charge on any atom is -0.325 e. The van der Waals surface area contributed by atoms with E-state index in [2.05, 4.69) is 10.0 Å². The SMILES string of the molecule is CC(C)C[C@@H](N)C(=O)Nc1ccc(NS(C)(=O)=O)c(Cl)c1. The summed E-state index contributed by atoms with van der Waals surface area (Å²) in [5.74, 6) is 0.0132. The Kier molecular flexibility index (Phi) is 6.00. The number of halogens is 1. The molecule has 1 amide bonds. The Morgan fingerprint density at radius 3 is 2.48 bits per heavy atom. The predicted octanol–water partition coefficient (Wildman–Crippen LogP) is 2.02. The Labute approximate surface area is 130 Å². The maximum Gasteiger partial charge on any atom is 0.241 e. The number of nitrogens with one attached hydrogen (secondary N) is 2. The van der Waals surface area contributed by atoms with Gasteiger partial charge in [0.15, 0.2) is 0 Å². The van der Waals surface area contributed by atoms with Gasteiger partial charge in [0.2, 0.25) is 15.9 Å². The summed E-state index contributed by atoms with van der Waals surface area (Å²) in [6.07, 6.45) is 1.61. The van der Waals surface area contributed by atoms with E-state index in [0.717, 1.165) is 6.26 Å². The van der Waals surface area contributed by atoms with Crippen molar-refractivity contribution in [1.29, 1.82) is 0 Å². The van der Waals surface area contributed by atoms with Crippen molar-refractivity contribution in [2.45, 2.75) is 26.3 Å². The summed E-state index contributed by atoms with van der Waals surface area (Å²) >= 11 is 5.97. The van der Waals surface area contributed by atoms with Crippen LogP contribution in [0.15, 0.2) is 18.2 Å². The average Bonchev–Trinajstić information content (AvgIpc) is 2.30. The lowest BCUT2D eigenvalue weighted by atomic mass is 10.0. The van der Waals surface area contributed by atoms with E-state index in [1.807, 2.05) is 13.8 Å². The zero-order valence-electron chi connectivity index (χ0n) is 12.2. The first-order valence-electron chi connectivity index (χ1n) is 6.42. The first-order chi connectivity index (χ1) is 9.58. The van der Waals surface area contributed by atoms with Crippen LogP contribution in [0.25, 0.3) is 0 Å². The summed E-state index contributed by atoms with van der Waals surface area (Å²) in [4.78, 5) is 11.9. The quantitative estimate of drug-likeness (QED) is 0.741. The summed E-state index contributed by atoms with van der Waals surface area (Å²) < 4.78 is 24.6. The lowest BCUT2D eigenvalue weighted by Crippen LogP contribution is -2.36. The van der Waals surface area contributed by atoms with Crippen LogP contribution in [-0.4, -0.2) is 26.6 Å². The molecule has 0 heterocycles. The van der Waals surface area contributed by atoms with Crippen LogP contribution in [0.1, 0.15) is 20.3 Å². The van der Waals surface area contributed by atoms with E-state index in [1.54, 1.807) is 6.07 Å². The molecule has 8 heteroatoms. The highest BCUT2D eigenvalue weighted by molar-refractivity contribution is 7.92. The van der Waals surface area contributed by atoms with Gasteiger partial charge in [0.05, 0.1) is 23.0 Å². The summed E-state index contributed by atoms with van der Waals surface area (Å²) in [7, 11) is -3.40. The molecule has 0 aromatic heterocycles. The number of carbonyl (C=O) groups excluding carboxylic acids is 1. The van der Waals surface area contributed by atoms with Crippen molar-refractivity contribution in [1.82, 2.24) is 0 Å². The Bertz CT molecular complexity index is 617. The molecule has 0 aliphatic rings. The summed E-state index contributed by atoms with van der Waals surface area (Å²) in [6, 6.07) is 3.90. The number of hydrogen-bond acceptors (Lipinski definition) is 4. The maximum atomic E-state index is 11.9. The Morgan fingerprint density at radius 2 is 2.00 bits per heavy atom. The van der Waals surface area contributed by atoms with E-state index in [1.165, 1.54) is 12.1 Å². The molecular weight excluding hydrogens is 314 g/mol. The molecule has 6 nitrogen and oxygen atoms in total. The molecule has 0 spiro atoms. The number of anilines is 2. The predicted molar refractivity (Wildman–Crippen MR) is 86.0 cm³/mol. The van der Waals surface area contributed by atoms with E-state index >= 15 is 0 Å². The van der Waals surface area contributed by atoms with Gasteiger partial charge in [-0.3, -0.25) is 9.52 Å². The van der Waals surface area contributed by atoms with Gasteiger partial charge < -0.3 is 11.1 Å². The van der Waals surface area contributed by atoms with Crippen LogP contribution in [0.4, 0.5) is 11.4 Å². The van der Waals surface area contributed by atoms with Gasteiger partial charge in [-0.25, -0.2) is 8.42 Å². The highest BCUT2D eigenvalue weighted by Crippen LogP contribution is 2.26. The minimum absolute atomic E-state index is 0.190. The van der Waals surface area contributed by atoms with Crippen molar-refractivity contribution in [3.63, 3.8) is 0 Å². The summed E-state index contributed by atoms with van der Waals surface area (Å²) in [5, 5.41) is 2.84. The standard InChI is InChI=1S/C13H20ClN3O3S/c1-8(2)6-11(15)13(18)16-9-4-5-12(10(14)7-9)17-21(3,19)20/h4-5,7-8,11,17H,6,15H2,1-3H3,(H,16,18)/t11-/m1/s1. The Balaban J connectivity index is 2.78. The molecule has 1 atom stereocenters. The lowest BCUT2D eigenvalue weighted by molar-refractivity contribution is -0.117. The number of amides is 1. The van der Waals surface area contributed by atoms with Crippen LogP contribution in [0.2, 0.25) is 5.02 Å². The van der Waals surface area contributed by atoms with Crippen LogP contribution in [0, 0.1) is 5.92 Å². The topological polar surface area (TPSA) is 101 Å². The third-order valence-electron chi connectivity index (χ3n) is 2.59. The molecule has 0 bridgehead atoms. The van der Waals surface area contributed by atoms with E-state index in [9.17, 15) is 13.2 Å². The molecule has 0 aliphatic carbocycles. The number of sulfonamides is 1. The molecule has 1 aromatic carbocycles. The molecule has 0 saturated carbocycles. The highest BCUT2D eigenvalue weighted by Gasteiger charge is 2.15. The molecule has 118 valence electrons. The summed E-state index contributed by atoms with van der Waals surface area (Å²) in [5.41, 5.74) is 6.50. The van der Waals surface area contributed by atoms with Crippen molar-refractivity contribution in [3.05, 3.63) is 23.2 Å². The molecular formula is C13H20ClN3O3S. The van der Waals surface area contributed by atoms with Crippen LogP contribution >= 0.6 is 11.6 Å². The third kappa shape index (κ3) is 6.33. The number of hydrogen-bond donors (Lipinski definition) is 3. The third-order valence-corrected chi connectivity index (χ3v) is 3.50. The van der Waals surface area contributed by atoms with Crippen molar-refractivity contribution in [3.8, 4) is 0 Å². The average molecular weight is 334 g/mol. The summed E-state index contributed by atoms with van der Waals surface area (Å²) in [6.45, 7) is 3.96. The number of nitrogens with two attached hydrogens (primary N) is 1. The zero-order chi connectivity index (χ0) is 16.2. The van der Waals surface area contributed by atoms with Crippen LogP contribution < -0.4 is 15.8 Å². The molecule has 21 heavy (non-hydrogen) atoms. The van der Waals surface area contributed by atoms with Gasteiger partial charge >= 0.3 is 0 Å². The van der Waals surface area contributed by atoms with Crippen molar-refractivity contribution < 1.29 is 13.2 Å². The highest BCUT2D eigenvalue weighted by atomic mass is 35.5. The van der Waals surface area contributed by atoms with Gasteiger partial charge in [-0.05, 0) is 30.5 Å². The molecule has 0 aliphatic heterocycles. The molecule has 4 N–H and O–H groups in total. The van der Waals surface area contributed by atoms with E-state index < -0.39 is 16.1 Å². The second-order valence-corrected chi connectivity index (χ2v) is 7.45. The van der Waals surface area contributed by atoms with Crippen molar-refractivity contribution >= 4 is 38.9 Å². The smallest absolute Gasteiger partial charge is 0.241 e. The van der Waals surface area contributed by atoms with Gasteiger partial charge in [0.1, 0.15) is 0 Å². The fourth-order valence-electron chi connectivity index (χ4n) is 1.73. The first-order valence-corrected chi connectivity index (χ1v) is 8.69. The number of benzene rings is 1. The zero-order valence-corrected chi connectivity index (χ0v) is 13.8. The van der Waals surface area contributed by atoms with E-state index in [-0.39, 0.29) is 16.6 Å². The van der Waals surface area contributed by atoms with Gasteiger partial charge in [-0.2, -0.15) is 0 Å². The molecule has 0 saturated heterocycles. The fourth-order valence-corrected chi connectivity index (χ4v) is 2.59. The second-order valence-electron chi connectivity index (χ2n) is 5.29. The Hall–Kier alpha value is -1.31. The molecule has 1 aromatic rings. The fraction of sp³-hybridized carbons (Fsp3) is 0.462. The van der Waals surface area contributed by atoms with Gasteiger partial charge in [-0.1, -0.05) is 25.4 Å². The minimum atomic E-state index is -3.40. The number of rotatable bonds is 6. The van der Waals surface area contributed by atoms with Crippen LogP contribution in [-0.2, 0) is 14.8 Å². The number of carbonyl (C=O) groups is 1. The second kappa shape index (κ2) is 7.11. The molecule has 0 fully saturated rings. The van der Waals surface area contributed by atoms with Crippen molar-refractivity contribution in [2.24, 2.45) is 11.7 Å². The molecule has 0 radical (unpaired) electrons. The van der Waals surface area contributed by atoms with Crippen molar-refractivity contribution in [2.75, 3.05) is 16.3 Å². The van der Waals surface area contributed by atoms with E-state index in [0.29, 0.717) is 18.0 Å². The van der Waals surface area contributed by atoms with Crippen LogP contribution in [0.5, 0.6) is 0 Å². The lowest BCUT2D eigenvalue weighted by Gasteiger charge is -2.15. The molecule has 1 rings (SSSR count).